The summed E-state index contributed by atoms with van der Waals surface area (Å²) in [7, 11) is 0. The first kappa shape index (κ1) is 21.9. The molecule has 2 aliphatic rings. The second-order valence-electron chi connectivity index (χ2n) is 6.35. The number of amides is 2. The van der Waals surface area contributed by atoms with E-state index < -0.39 is 0 Å². The van der Waals surface area contributed by atoms with E-state index >= 15 is 0 Å². The molecule has 0 saturated carbocycles. The maximum absolute atomic E-state index is 13.5. The van der Waals surface area contributed by atoms with Crippen molar-refractivity contribution in [2.45, 2.75) is 6.04 Å². The van der Waals surface area contributed by atoms with Gasteiger partial charge < -0.3 is 19.9 Å². The Kier molecular flexibility index (Phi) is 8.82. The Labute approximate surface area is 169 Å². The Morgan fingerprint density at radius 3 is 2.67 bits per heavy atom. The molecule has 0 aliphatic carbocycles. The molecular weight excluding hydrogens is 393 g/mol. The predicted octanol–water partition coefficient (Wildman–Crippen LogP) is 1.31. The van der Waals surface area contributed by atoms with Crippen LogP contribution in [0.25, 0.3) is 0 Å². The fourth-order valence-electron chi connectivity index (χ4n) is 3.23. The van der Waals surface area contributed by atoms with Crippen LogP contribution in [0, 0.1) is 5.82 Å². The minimum Gasteiger partial charge on any atom is -0.378 e. The average Bonchev–Trinajstić information content (AvgIpc) is 2.68. The molecule has 0 aromatic heterocycles. The van der Waals surface area contributed by atoms with Crippen molar-refractivity contribution in [3.63, 3.8) is 0 Å². The van der Waals surface area contributed by atoms with Gasteiger partial charge in [0.25, 0.3) is 0 Å². The van der Waals surface area contributed by atoms with Crippen molar-refractivity contribution in [3.05, 3.63) is 35.6 Å². The normalized spacial score (nSPS) is 20.1. The van der Waals surface area contributed by atoms with Gasteiger partial charge in [-0.3, -0.25) is 9.59 Å². The van der Waals surface area contributed by atoms with Crippen LogP contribution in [0.5, 0.6) is 0 Å². The zero-order valence-electron chi connectivity index (χ0n) is 15.1. The fourth-order valence-corrected chi connectivity index (χ4v) is 4.03. The number of piperazine rings is 1. The smallest absolute Gasteiger partial charge is 0.233 e. The van der Waals surface area contributed by atoms with Crippen LogP contribution in [0.3, 0.4) is 0 Å². The highest BCUT2D eigenvalue weighted by molar-refractivity contribution is 8.00. The summed E-state index contributed by atoms with van der Waals surface area (Å²) < 4.78 is 18.8. The number of benzene rings is 1. The van der Waals surface area contributed by atoms with E-state index in [1.807, 2.05) is 6.07 Å². The first-order valence-electron chi connectivity index (χ1n) is 8.84. The minimum absolute atomic E-state index is 0. The second-order valence-corrected chi connectivity index (χ2v) is 7.33. The molecule has 2 fully saturated rings. The number of hydrogen-bond donors (Lipinski definition) is 1. The third-order valence-corrected chi connectivity index (χ3v) is 5.51. The number of carbonyl (C=O) groups is 2. The summed E-state index contributed by atoms with van der Waals surface area (Å²) in [6.07, 6.45) is 0. The van der Waals surface area contributed by atoms with Gasteiger partial charge in [-0.1, -0.05) is 12.1 Å². The minimum atomic E-state index is -0.300. The van der Waals surface area contributed by atoms with Crippen molar-refractivity contribution in [2.24, 2.45) is 0 Å². The zero-order valence-corrected chi connectivity index (χ0v) is 16.7. The maximum Gasteiger partial charge on any atom is 0.233 e. The molecule has 150 valence electrons. The van der Waals surface area contributed by atoms with Crippen LogP contribution in [0.15, 0.2) is 24.3 Å². The highest BCUT2D eigenvalue weighted by atomic mass is 35.5. The van der Waals surface area contributed by atoms with Crippen LogP contribution in [0.1, 0.15) is 11.6 Å². The summed E-state index contributed by atoms with van der Waals surface area (Å²) in [4.78, 5) is 28.4. The summed E-state index contributed by atoms with van der Waals surface area (Å²) in [6.45, 7) is 4.29. The number of hydrogen-bond acceptors (Lipinski definition) is 5. The lowest BCUT2D eigenvalue weighted by molar-refractivity contribution is -0.132. The van der Waals surface area contributed by atoms with E-state index in [-0.39, 0.29) is 41.8 Å². The Bertz CT molecular complexity index is 646. The van der Waals surface area contributed by atoms with Crippen molar-refractivity contribution in [1.29, 1.82) is 0 Å². The van der Waals surface area contributed by atoms with Gasteiger partial charge in [-0.2, -0.15) is 0 Å². The zero-order chi connectivity index (χ0) is 18.4. The molecular formula is C18H25ClFN3O3S. The molecule has 1 unspecified atom stereocenters. The van der Waals surface area contributed by atoms with Gasteiger partial charge >= 0.3 is 0 Å². The summed E-state index contributed by atoms with van der Waals surface area (Å²) in [5.41, 5.74) is 0.792. The van der Waals surface area contributed by atoms with Gasteiger partial charge in [-0.05, 0) is 17.7 Å². The lowest BCUT2D eigenvalue weighted by atomic mass is 10.0. The van der Waals surface area contributed by atoms with Crippen LogP contribution in [0.2, 0.25) is 0 Å². The quantitative estimate of drug-likeness (QED) is 0.782. The molecule has 1 aromatic rings. The van der Waals surface area contributed by atoms with E-state index in [1.165, 1.54) is 23.9 Å². The van der Waals surface area contributed by atoms with Crippen molar-refractivity contribution in [2.75, 3.05) is 57.4 Å². The lowest BCUT2D eigenvalue weighted by Crippen LogP contribution is -2.49. The van der Waals surface area contributed by atoms with E-state index in [4.69, 9.17) is 4.74 Å². The highest BCUT2D eigenvalue weighted by Gasteiger charge is 2.28. The molecule has 0 bridgehead atoms. The lowest BCUT2D eigenvalue weighted by Gasteiger charge is -2.36. The number of thioether (sulfide) groups is 1. The van der Waals surface area contributed by atoms with E-state index in [0.29, 0.717) is 45.1 Å². The van der Waals surface area contributed by atoms with Gasteiger partial charge in [-0.15, -0.1) is 24.2 Å². The molecule has 1 N–H and O–H groups in total. The summed E-state index contributed by atoms with van der Waals surface area (Å²) in [6, 6.07) is 6.21. The summed E-state index contributed by atoms with van der Waals surface area (Å²) in [5.74, 6) is 0.282. The third-order valence-electron chi connectivity index (χ3n) is 4.61. The van der Waals surface area contributed by atoms with Gasteiger partial charge in [0.1, 0.15) is 5.82 Å². The molecule has 1 aromatic carbocycles. The predicted molar refractivity (Wildman–Crippen MR) is 106 cm³/mol. The van der Waals surface area contributed by atoms with Crippen LogP contribution in [-0.4, -0.2) is 79.1 Å². The highest BCUT2D eigenvalue weighted by Crippen LogP contribution is 2.24. The number of carbonyl (C=O) groups excluding carboxylic acids is 2. The second kappa shape index (κ2) is 10.8. The standard InChI is InChI=1S/C18H24FN3O3S.ClH/c19-15-3-1-2-14(10-15)16-11-20-4-5-22(16)18(24)13-26-12-17(23)21-6-8-25-9-7-21;/h1-3,10,16,20H,4-9,11-13H2;1H. The SMILES string of the molecule is Cl.O=C(CSCC(=O)N1CCNCC1c1cccc(F)c1)N1CCOCC1. The van der Waals surface area contributed by atoms with Gasteiger partial charge in [0.2, 0.25) is 11.8 Å². The number of nitrogens with zero attached hydrogens (tertiary/aromatic N) is 2. The average molecular weight is 418 g/mol. The number of rotatable bonds is 5. The number of morpholine rings is 1. The largest absolute Gasteiger partial charge is 0.378 e. The van der Waals surface area contributed by atoms with Crippen LogP contribution < -0.4 is 5.32 Å². The molecule has 9 heteroatoms. The topological polar surface area (TPSA) is 61.9 Å². The monoisotopic (exact) mass is 417 g/mol. The van der Waals surface area contributed by atoms with Gasteiger partial charge in [0.15, 0.2) is 0 Å². The van der Waals surface area contributed by atoms with E-state index in [0.717, 1.165) is 12.1 Å². The Hall–Kier alpha value is -1.35. The van der Waals surface area contributed by atoms with Crippen LogP contribution in [0.4, 0.5) is 4.39 Å². The van der Waals surface area contributed by atoms with Gasteiger partial charge in [0, 0.05) is 32.7 Å². The summed E-state index contributed by atoms with van der Waals surface area (Å²) >= 11 is 1.34. The van der Waals surface area contributed by atoms with Crippen molar-refractivity contribution in [1.82, 2.24) is 15.1 Å². The van der Waals surface area contributed by atoms with Crippen molar-refractivity contribution >= 4 is 36.0 Å². The Morgan fingerprint density at radius 1 is 1.19 bits per heavy atom. The molecule has 6 nitrogen and oxygen atoms in total. The number of ether oxygens (including phenoxy) is 1. The van der Waals surface area contributed by atoms with E-state index in [1.54, 1.807) is 15.9 Å². The molecule has 1 atom stereocenters. The Balaban J connectivity index is 0.00000261. The summed E-state index contributed by atoms with van der Waals surface area (Å²) in [5, 5.41) is 3.26. The van der Waals surface area contributed by atoms with Crippen molar-refractivity contribution < 1.29 is 18.7 Å². The van der Waals surface area contributed by atoms with Crippen LogP contribution in [-0.2, 0) is 14.3 Å². The first-order valence-corrected chi connectivity index (χ1v) is 9.99. The molecule has 2 heterocycles. The Morgan fingerprint density at radius 2 is 1.93 bits per heavy atom. The number of nitrogens with one attached hydrogen (secondary N) is 1. The van der Waals surface area contributed by atoms with E-state index in [9.17, 15) is 14.0 Å². The van der Waals surface area contributed by atoms with Crippen LogP contribution >= 0.6 is 24.2 Å². The van der Waals surface area contributed by atoms with E-state index in [2.05, 4.69) is 5.32 Å². The molecule has 2 aliphatic heterocycles. The van der Waals surface area contributed by atoms with Gasteiger partial charge in [0.05, 0.1) is 30.8 Å². The fraction of sp³-hybridized carbons (Fsp3) is 0.556. The maximum atomic E-state index is 13.5. The van der Waals surface area contributed by atoms with Gasteiger partial charge in [-0.25, -0.2) is 4.39 Å². The first-order chi connectivity index (χ1) is 12.6. The molecule has 0 spiro atoms. The molecule has 0 radical (unpaired) electrons. The molecule has 2 amide bonds. The third kappa shape index (κ3) is 6.07. The van der Waals surface area contributed by atoms with Crippen molar-refractivity contribution in [3.8, 4) is 0 Å². The molecule has 2 saturated heterocycles. The molecule has 3 rings (SSSR count). The molecule has 27 heavy (non-hydrogen) atoms. The number of halogens is 2.